The molecule has 0 aliphatic carbocycles. The molecule has 0 saturated carbocycles. The first-order chi connectivity index (χ1) is 7.04. The van der Waals surface area contributed by atoms with Crippen LogP contribution in [0.25, 0.3) is 0 Å². The Labute approximate surface area is 86.1 Å². The number of amides is 1. The molecular weight excluding hydrogens is 200 g/mol. The van der Waals surface area contributed by atoms with Crippen molar-refractivity contribution in [1.82, 2.24) is 20.1 Å². The Kier molecular flexibility index (Phi) is 3.37. The van der Waals surface area contributed by atoms with Crippen LogP contribution in [0.3, 0.4) is 0 Å². The van der Waals surface area contributed by atoms with Crippen molar-refractivity contribution >= 4 is 11.9 Å². The van der Waals surface area contributed by atoms with E-state index in [0.717, 1.165) is 4.90 Å². The van der Waals surface area contributed by atoms with Crippen LogP contribution in [-0.2, 0) is 11.2 Å². The second-order valence-corrected chi connectivity index (χ2v) is 3.01. The summed E-state index contributed by atoms with van der Waals surface area (Å²) in [6.45, 7) is 1.50. The van der Waals surface area contributed by atoms with Crippen LogP contribution in [0.15, 0.2) is 0 Å². The molecule has 82 valence electrons. The van der Waals surface area contributed by atoms with Gasteiger partial charge in [0.05, 0.1) is 0 Å². The van der Waals surface area contributed by atoms with Crippen molar-refractivity contribution < 1.29 is 14.7 Å². The van der Waals surface area contributed by atoms with Gasteiger partial charge in [-0.3, -0.25) is 14.7 Å². The maximum atomic E-state index is 11.5. The summed E-state index contributed by atoms with van der Waals surface area (Å²) >= 11 is 0. The number of aliphatic carboxylic acids is 1. The number of H-pyrrole nitrogens is 1. The van der Waals surface area contributed by atoms with E-state index in [1.165, 1.54) is 7.05 Å². The highest BCUT2D eigenvalue weighted by atomic mass is 16.4. The monoisotopic (exact) mass is 212 g/mol. The molecule has 0 bridgehead atoms. The first kappa shape index (κ1) is 11.2. The second kappa shape index (κ2) is 4.54. The highest BCUT2D eigenvalue weighted by Gasteiger charge is 2.18. The summed E-state index contributed by atoms with van der Waals surface area (Å²) in [5.74, 6) is -0.983. The van der Waals surface area contributed by atoms with Crippen molar-refractivity contribution in [2.75, 3.05) is 13.6 Å². The van der Waals surface area contributed by atoms with E-state index in [1.54, 1.807) is 0 Å². The zero-order valence-electron chi connectivity index (χ0n) is 8.52. The Bertz CT molecular complexity index is 374. The lowest BCUT2D eigenvalue weighted by Gasteiger charge is -2.11. The number of nitrogens with zero attached hydrogens (tertiary/aromatic N) is 3. The molecule has 1 aromatic rings. The largest absolute Gasteiger partial charge is 0.480 e. The molecule has 15 heavy (non-hydrogen) atoms. The molecular formula is C8H12N4O3. The third-order valence-corrected chi connectivity index (χ3v) is 1.78. The molecule has 0 fully saturated rings. The molecule has 1 rings (SSSR count). The third kappa shape index (κ3) is 2.76. The van der Waals surface area contributed by atoms with Gasteiger partial charge in [0.1, 0.15) is 12.4 Å². The lowest BCUT2D eigenvalue weighted by Crippen LogP contribution is -2.32. The van der Waals surface area contributed by atoms with Crippen molar-refractivity contribution in [1.29, 1.82) is 0 Å². The highest BCUT2D eigenvalue weighted by Crippen LogP contribution is 1.98. The van der Waals surface area contributed by atoms with Crippen LogP contribution < -0.4 is 0 Å². The van der Waals surface area contributed by atoms with Gasteiger partial charge >= 0.3 is 5.97 Å². The predicted molar refractivity (Wildman–Crippen MR) is 50.4 cm³/mol. The molecule has 0 atom stereocenters. The Hall–Kier alpha value is -1.92. The molecule has 1 amide bonds. The first-order valence-electron chi connectivity index (χ1n) is 4.43. The number of aromatic amines is 1. The van der Waals surface area contributed by atoms with Crippen molar-refractivity contribution in [3.63, 3.8) is 0 Å². The average molecular weight is 212 g/mol. The normalized spacial score (nSPS) is 10.0. The number of likely N-dealkylation sites (N-methyl/N-ethyl adjacent to an activating group) is 1. The Morgan fingerprint density at radius 1 is 1.53 bits per heavy atom. The van der Waals surface area contributed by atoms with Crippen molar-refractivity contribution in [2.24, 2.45) is 0 Å². The summed E-state index contributed by atoms with van der Waals surface area (Å²) in [6, 6.07) is 0. The molecule has 0 aromatic carbocycles. The summed E-state index contributed by atoms with van der Waals surface area (Å²) in [7, 11) is 1.39. The fraction of sp³-hybridized carbons (Fsp3) is 0.500. The van der Waals surface area contributed by atoms with E-state index < -0.39 is 11.9 Å². The van der Waals surface area contributed by atoms with E-state index in [2.05, 4.69) is 15.2 Å². The smallest absolute Gasteiger partial charge is 0.323 e. The predicted octanol–water partition coefficient (Wildman–Crippen LogP) is -0.476. The van der Waals surface area contributed by atoms with Crippen LogP contribution >= 0.6 is 0 Å². The van der Waals surface area contributed by atoms with E-state index in [9.17, 15) is 9.59 Å². The van der Waals surface area contributed by atoms with Crippen molar-refractivity contribution in [2.45, 2.75) is 13.3 Å². The van der Waals surface area contributed by atoms with Crippen LogP contribution in [0.1, 0.15) is 23.4 Å². The molecule has 0 radical (unpaired) electrons. The number of aryl methyl sites for hydroxylation is 1. The minimum Gasteiger partial charge on any atom is -0.480 e. The minimum absolute atomic E-state index is 0.00407. The number of carboxylic acid groups (broad SMARTS) is 1. The summed E-state index contributed by atoms with van der Waals surface area (Å²) in [5.41, 5.74) is 0. The van der Waals surface area contributed by atoms with Gasteiger partial charge in [-0.25, -0.2) is 4.98 Å². The van der Waals surface area contributed by atoms with E-state index >= 15 is 0 Å². The van der Waals surface area contributed by atoms with Crippen LogP contribution in [0, 0.1) is 0 Å². The van der Waals surface area contributed by atoms with Gasteiger partial charge in [0.2, 0.25) is 5.82 Å². The van der Waals surface area contributed by atoms with Crippen LogP contribution in [0.2, 0.25) is 0 Å². The number of carboxylic acids is 1. The van der Waals surface area contributed by atoms with E-state index in [4.69, 9.17) is 5.11 Å². The molecule has 0 unspecified atom stereocenters. The van der Waals surface area contributed by atoms with Gasteiger partial charge in [0.25, 0.3) is 5.91 Å². The summed E-state index contributed by atoms with van der Waals surface area (Å²) in [6.07, 6.45) is 0.642. The lowest BCUT2D eigenvalue weighted by molar-refractivity contribution is -0.137. The number of aromatic nitrogens is 3. The van der Waals surface area contributed by atoms with Crippen molar-refractivity contribution in [3.05, 3.63) is 11.6 Å². The fourth-order valence-electron chi connectivity index (χ4n) is 0.994. The number of carbonyl (C=O) groups is 2. The topological polar surface area (TPSA) is 99.2 Å². The molecule has 0 spiro atoms. The fourth-order valence-corrected chi connectivity index (χ4v) is 0.994. The van der Waals surface area contributed by atoms with Crippen LogP contribution in [0.5, 0.6) is 0 Å². The van der Waals surface area contributed by atoms with E-state index in [0.29, 0.717) is 12.2 Å². The van der Waals surface area contributed by atoms with Gasteiger partial charge < -0.3 is 10.0 Å². The number of carbonyl (C=O) groups excluding carboxylic acids is 1. The quantitative estimate of drug-likeness (QED) is 0.702. The molecule has 2 N–H and O–H groups in total. The Balaban J connectivity index is 2.71. The average Bonchev–Trinajstić information content (AvgIpc) is 2.63. The SMILES string of the molecule is CCc1nc(C(=O)N(C)CC(=O)O)n[nH]1. The van der Waals surface area contributed by atoms with Crippen LogP contribution in [-0.4, -0.2) is 50.7 Å². The van der Waals surface area contributed by atoms with E-state index in [1.807, 2.05) is 6.92 Å². The van der Waals surface area contributed by atoms with Gasteiger partial charge in [-0.1, -0.05) is 6.92 Å². The molecule has 1 aromatic heterocycles. The molecule has 7 nitrogen and oxygen atoms in total. The maximum absolute atomic E-state index is 11.5. The number of rotatable bonds is 4. The summed E-state index contributed by atoms with van der Waals surface area (Å²) in [4.78, 5) is 26.8. The number of hydrogen-bond acceptors (Lipinski definition) is 4. The van der Waals surface area contributed by atoms with Crippen molar-refractivity contribution in [3.8, 4) is 0 Å². The first-order valence-corrected chi connectivity index (χ1v) is 4.43. The zero-order valence-corrected chi connectivity index (χ0v) is 8.52. The highest BCUT2D eigenvalue weighted by molar-refractivity contribution is 5.92. The van der Waals surface area contributed by atoms with Gasteiger partial charge in [-0.05, 0) is 0 Å². The summed E-state index contributed by atoms with van der Waals surface area (Å²) in [5, 5.41) is 14.8. The summed E-state index contributed by atoms with van der Waals surface area (Å²) < 4.78 is 0. The standard InChI is InChI=1S/C8H12N4O3/c1-3-5-9-7(11-10-5)8(15)12(2)4-6(13)14/h3-4H2,1-2H3,(H,13,14)(H,9,10,11). The maximum Gasteiger partial charge on any atom is 0.323 e. The Morgan fingerprint density at radius 3 is 2.67 bits per heavy atom. The molecule has 0 aliphatic rings. The number of nitrogens with one attached hydrogen (secondary N) is 1. The Morgan fingerprint density at radius 2 is 2.20 bits per heavy atom. The second-order valence-electron chi connectivity index (χ2n) is 3.01. The van der Waals surface area contributed by atoms with Gasteiger partial charge in [-0.2, -0.15) is 0 Å². The minimum atomic E-state index is -1.07. The van der Waals surface area contributed by atoms with E-state index in [-0.39, 0.29) is 12.4 Å². The third-order valence-electron chi connectivity index (χ3n) is 1.78. The molecule has 0 aliphatic heterocycles. The lowest BCUT2D eigenvalue weighted by atomic mass is 10.4. The zero-order chi connectivity index (χ0) is 11.4. The molecule has 1 heterocycles. The molecule has 7 heteroatoms. The van der Waals surface area contributed by atoms with Crippen LogP contribution in [0.4, 0.5) is 0 Å². The van der Waals surface area contributed by atoms with Gasteiger partial charge in [0.15, 0.2) is 0 Å². The molecule has 0 saturated heterocycles. The number of hydrogen-bond donors (Lipinski definition) is 2. The van der Waals surface area contributed by atoms with Gasteiger partial charge in [0, 0.05) is 13.5 Å². The van der Waals surface area contributed by atoms with Gasteiger partial charge in [-0.15, -0.1) is 5.10 Å².